The van der Waals surface area contributed by atoms with Crippen molar-refractivity contribution in [2.24, 2.45) is 0 Å². The van der Waals surface area contributed by atoms with E-state index in [1.54, 1.807) is 13.0 Å². The Bertz CT molecular complexity index is 559. The maximum atomic E-state index is 11.7. The molecule has 1 aliphatic rings. The van der Waals surface area contributed by atoms with Gasteiger partial charge in [0.15, 0.2) is 0 Å². The number of rotatable bonds is 5. The van der Waals surface area contributed by atoms with Crippen molar-refractivity contribution in [3.63, 3.8) is 0 Å². The van der Waals surface area contributed by atoms with Crippen LogP contribution in [0.3, 0.4) is 0 Å². The summed E-state index contributed by atoms with van der Waals surface area (Å²) in [5.41, 5.74) is 2.56. The molecule has 0 spiro atoms. The number of amides is 2. The molecule has 0 unspecified atom stereocenters. The first kappa shape index (κ1) is 14.1. The van der Waals surface area contributed by atoms with Crippen molar-refractivity contribution < 1.29 is 9.59 Å². The molecule has 0 saturated carbocycles. The van der Waals surface area contributed by atoms with Gasteiger partial charge in [-0.3, -0.25) is 9.59 Å². The van der Waals surface area contributed by atoms with Gasteiger partial charge in [-0.05, 0) is 25.0 Å². The van der Waals surface area contributed by atoms with Gasteiger partial charge in [0, 0.05) is 24.2 Å². The fraction of sp³-hybridized carbons (Fsp3) is 0.250. The van der Waals surface area contributed by atoms with Crippen molar-refractivity contribution in [1.82, 2.24) is 10.6 Å². The molecule has 104 valence electrons. The van der Waals surface area contributed by atoms with E-state index >= 15 is 0 Å². The first-order chi connectivity index (χ1) is 9.65. The first-order valence-electron chi connectivity index (χ1n) is 6.65. The van der Waals surface area contributed by atoms with E-state index in [4.69, 9.17) is 0 Å². The molecule has 0 aromatic heterocycles. The van der Waals surface area contributed by atoms with Crippen LogP contribution < -0.4 is 10.6 Å². The molecule has 20 heavy (non-hydrogen) atoms. The van der Waals surface area contributed by atoms with Crippen LogP contribution in [-0.2, 0) is 16.1 Å². The maximum absolute atomic E-state index is 11.7. The Hall–Kier alpha value is -2.36. The number of allylic oxidation sites excluding steroid dienone is 2. The predicted molar refractivity (Wildman–Crippen MR) is 77.5 cm³/mol. The fourth-order valence-electron chi connectivity index (χ4n) is 1.92. The van der Waals surface area contributed by atoms with Crippen molar-refractivity contribution in [1.29, 1.82) is 0 Å². The maximum Gasteiger partial charge on any atom is 0.251 e. The molecule has 4 nitrogen and oxygen atoms in total. The number of hydrogen-bond acceptors (Lipinski definition) is 2. The van der Waals surface area contributed by atoms with Crippen LogP contribution in [0.1, 0.15) is 25.3 Å². The van der Waals surface area contributed by atoms with Crippen LogP contribution in [-0.4, -0.2) is 11.8 Å². The largest absolute Gasteiger partial charge is 0.352 e. The molecule has 1 aromatic carbocycles. The topological polar surface area (TPSA) is 58.2 Å². The SMILES string of the molecule is CC1=C/C(=C\CCC(=O)NCc2ccccc2)NC1=O. The summed E-state index contributed by atoms with van der Waals surface area (Å²) in [6.07, 6.45) is 4.69. The van der Waals surface area contributed by atoms with E-state index in [0.717, 1.165) is 11.3 Å². The Morgan fingerprint density at radius 3 is 2.70 bits per heavy atom. The Morgan fingerprint density at radius 2 is 2.05 bits per heavy atom. The minimum absolute atomic E-state index is 0.00993. The van der Waals surface area contributed by atoms with Gasteiger partial charge >= 0.3 is 0 Å². The Balaban J connectivity index is 1.71. The molecule has 0 radical (unpaired) electrons. The van der Waals surface area contributed by atoms with Crippen LogP contribution in [0, 0.1) is 0 Å². The van der Waals surface area contributed by atoms with Crippen LogP contribution in [0.4, 0.5) is 0 Å². The average Bonchev–Trinajstić information content (AvgIpc) is 2.76. The van der Waals surface area contributed by atoms with Crippen molar-refractivity contribution in [3.8, 4) is 0 Å². The molecule has 1 heterocycles. The number of carbonyl (C=O) groups excluding carboxylic acids is 2. The first-order valence-corrected chi connectivity index (χ1v) is 6.65. The highest BCUT2D eigenvalue weighted by Gasteiger charge is 2.13. The van der Waals surface area contributed by atoms with E-state index in [1.165, 1.54) is 0 Å². The summed E-state index contributed by atoms with van der Waals surface area (Å²) in [7, 11) is 0. The third-order valence-corrected chi connectivity index (χ3v) is 3.06. The number of carbonyl (C=O) groups is 2. The smallest absolute Gasteiger partial charge is 0.251 e. The highest BCUT2D eigenvalue weighted by molar-refractivity contribution is 5.98. The third-order valence-electron chi connectivity index (χ3n) is 3.06. The van der Waals surface area contributed by atoms with Crippen molar-refractivity contribution in [3.05, 3.63) is 59.3 Å². The normalized spacial score (nSPS) is 15.9. The zero-order valence-corrected chi connectivity index (χ0v) is 11.5. The summed E-state index contributed by atoms with van der Waals surface area (Å²) in [4.78, 5) is 22.9. The summed E-state index contributed by atoms with van der Waals surface area (Å²) in [6, 6.07) is 9.80. The number of nitrogens with one attached hydrogen (secondary N) is 2. The van der Waals surface area contributed by atoms with Crippen LogP contribution >= 0.6 is 0 Å². The van der Waals surface area contributed by atoms with E-state index in [9.17, 15) is 9.59 Å². The summed E-state index contributed by atoms with van der Waals surface area (Å²) in [5, 5.41) is 5.60. The summed E-state index contributed by atoms with van der Waals surface area (Å²) < 4.78 is 0. The molecule has 0 atom stereocenters. The zero-order chi connectivity index (χ0) is 14.4. The Labute approximate surface area is 118 Å². The van der Waals surface area contributed by atoms with Gasteiger partial charge in [0.25, 0.3) is 5.91 Å². The average molecular weight is 270 g/mol. The second-order valence-corrected chi connectivity index (χ2v) is 4.74. The third kappa shape index (κ3) is 4.09. The van der Waals surface area contributed by atoms with Crippen LogP contribution in [0.15, 0.2) is 53.8 Å². The molecule has 1 aliphatic heterocycles. The fourth-order valence-corrected chi connectivity index (χ4v) is 1.92. The lowest BCUT2D eigenvalue weighted by Gasteiger charge is -2.04. The quantitative estimate of drug-likeness (QED) is 0.860. The van der Waals surface area contributed by atoms with Gasteiger partial charge < -0.3 is 10.6 Å². The Morgan fingerprint density at radius 1 is 1.30 bits per heavy atom. The van der Waals surface area contributed by atoms with E-state index < -0.39 is 0 Å². The molecule has 4 heteroatoms. The minimum Gasteiger partial charge on any atom is -0.352 e. The molecule has 0 aliphatic carbocycles. The van der Waals surface area contributed by atoms with Gasteiger partial charge in [-0.15, -0.1) is 0 Å². The molecule has 0 saturated heterocycles. The van der Waals surface area contributed by atoms with Crippen LogP contribution in [0.2, 0.25) is 0 Å². The van der Waals surface area contributed by atoms with E-state index in [1.807, 2.05) is 36.4 Å². The van der Waals surface area contributed by atoms with Crippen molar-refractivity contribution >= 4 is 11.8 Å². The second-order valence-electron chi connectivity index (χ2n) is 4.74. The van der Waals surface area contributed by atoms with E-state index in [0.29, 0.717) is 25.0 Å². The molecule has 1 aromatic rings. The van der Waals surface area contributed by atoms with Crippen LogP contribution in [0.5, 0.6) is 0 Å². The van der Waals surface area contributed by atoms with Gasteiger partial charge in [-0.2, -0.15) is 0 Å². The number of benzene rings is 1. The lowest BCUT2D eigenvalue weighted by molar-refractivity contribution is -0.121. The van der Waals surface area contributed by atoms with E-state index in [-0.39, 0.29) is 11.8 Å². The molecular weight excluding hydrogens is 252 g/mol. The molecule has 2 amide bonds. The minimum atomic E-state index is -0.0650. The summed E-state index contributed by atoms with van der Waals surface area (Å²) >= 11 is 0. The summed E-state index contributed by atoms with van der Waals surface area (Å²) in [6.45, 7) is 2.31. The molecule has 2 N–H and O–H groups in total. The van der Waals surface area contributed by atoms with Crippen molar-refractivity contribution in [2.75, 3.05) is 0 Å². The van der Waals surface area contributed by atoms with Crippen molar-refractivity contribution in [2.45, 2.75) is 26.3 Å². The number of hydrogen-bond donors (Lipinski definition) is 2. The second kappa shape index (κ2) is 6.70. The zero-order valence-electron chi connectivity index (χ0n) is 11.5. The highest BCUT2D eigenvalue weighted by Crippen LogP contribution is 2.10. The standard InChI is InChI=1S/C16H18N2O2/c1-12-10-14(18-16(12)20)8-5-9-15(19)17-11-13-6-3-2-4-7-13/h2-4,6-8,10H,5,9,11H2,1H3,(H,17,19)(H,18,20)/b14-8+. The lowest BCUT2D eigenvalue weighted by atomic mass is 10.2. The molecule has 0 fully saturated rings. The van der Waals surface area contributed by atoms with Gasteiger partial charge in [-0.1, -0.05) is 36.4 Å². The summed E-state index contributed by atoms with van der Waals surface area (Å²) in [5.74, 6) is -0.0551. The van der Waals surface area contributed by atoms with Crippen LogP contribution in [0.25, 0.3) is 0 Å². The highest BCUT2D eigenvalue weighted by atomic mass is 16.2. The van der Waals surface area contributed by atoms with Gasteiger partial charge in [-0.25, -0.2) is 0 Å². The molecule has 2 rings (SSSR count). The monoisotopic (exact) mass is 270 g/mol. The predicted octanol–water partition coefficient (Wildman–Crippen LogP) is 2.04. The van der Waals surface area contributed by atoms with Gasteiger partial charge in [0.1, 0.15) is 0 Å². The van der Waals surface area contributed by atoms with Gasteiger partial charge in [0.2, 0.25) is 5.91 Å². The van der Waals surface area contributed by atoms with Gasteiger partial charge in [0.05, 0.1) is 0 Å². The Kier molecular flexibility index (Phi) is 4.71. The lowest BCUT2D eigenvalue weighted by Crippen LogP contribution is -2.22. The molecule has 0 bridgehead atoms. The molecular formula is C16H18N2O2. The van der Waals surface area contributed by atoms with E-state index in [2.05, 4.69) is 10.6 Å².